The predicted molar refractivity (Wildman–Crippen MR) is 288 cm³/mol. The van der Waals surface area contributed by atoms with Crippen LogP contribution in [0.1, 0.15) is 22.3 Å². The highest BCUT2D eigenvalue weighted by Crippen LogP contribution is 2.63. The molecule has 0 fully saturated rings. The van der Waals surface area contributed by atoms with Crippen molar-refractivity contribution in [3.05, 3.63) is 271 Å². The summed E-state index contributed by atoms with van der Waals surface area (Å²) in [5.41, 5.74) is 25.8. The minimum absolute atomic E-state index is 0.370. The highest BCUT2D eigenvalue weighted by Gasteiger charge is 2.52. The second-order valence-electron chi connectivity index (χ2n) is 18.8. The van der Waals surface area contributed by atoms with Crippen LogP contribution in [0.25, 0.3) is 116 Å². The van der Waals surface area contributed by atoms with Gasteiger partial charge < -0.3 is 9.55 Å². The first-order valence-corrected chi connectivity index (χ1v) is 24.0. The van der Waals surface area contributed by atoms with E-state index in [9.17, 15) is 0 Å². The lowest BCUT2D eigenvalue weighted by atomic mass is 9.70. The van der Waals surface area contributed by atoms with Crippen LogP contribution in [-0.4, -0.2) is 9.55 Å². The van der Waals surface area contributed by atoms with Crippen LogP contribution in [0.4, 0.5) is 0 Å². The number of fused-ring (bicyclic) bond motifs is 17. The van der Waals surface area contributed by atoms with Crippen molar-refractivity contribution in [2.24, 2.45) is 0 Å². The molecule has 0 radical (unpaired) electrons. The van der Waals surface area contributed by atoms with Crippen molar-refractivity contribution >= 4 is 43.6 Å². The molecule has 0 amide bonds. The Hall–Kier alpha value is -8.98. The van der Waals surface area contributed by atoms with E-state index in [2.05, 4.69) is 258 Å². The van der Waals surface area contributed by atoms with Gasteiger partial charge in [0, 0.05) is 38.3 Å². The number of hydrogen-bond acceptors (Lipinski definition) is 0. The highest BCUT2D eigenvalue weighted by molar-refractivity contribution is 6.16. The molecule has 320 valence electrons. The zero-order valence-electron chi connectivity index (χ0n) is 37.6. The normalized spacial score (nSPS) is 13.0. The molecule has 13 aromatic rings. The van der Waals surface area contributed by atoms with E-state index in [1.807, 2.05) is 0 Å². The Morgan fingerprint density at radius 2 is 0.812 bits per heavy atom. The summed E-state index contributed by atoms with van der Waals surface area (Å²) < 4.78 is 2.44. The molecular formula is C67H42N2. The average Bonchev–Trinajstić information content (AvgIpc) is 4.15. The van der Waals surface area contributed by atoms with Crippen molar-refractivity contribution in [2.45, 2.75) is 5.41 Å². The minimum Gasteiger partial charge on any atom is -0.354 e. The molecule has 11 aromatic carbocycles. The van der Waals surface area contributed by atoms with Crippen molar-refractivity contribution in [1.29, 1.82) is 0 Å². The van der Waals surface area contributed by atoms with Gasteiger partial charge in [0.05, 0.1) is 22.0 Å². The van der Waals surface area contributed by atoms with Gasteiger partial charge in [0.1, 0.15) is 0 Å². The predicted octanol–water partition coefficient (Wildman–Crippen LogP) is 17.4. The minimum atomic E-state index is -0.370. The van der Waals surface area contributed by atoms with Gasteiger partial charge in [-0.05, 0) is 144 Å². The first kappa shape index (κ1) is 38.2. The number of hydrogen-bond donors (Lipinski definition) is 1. The van der Waals surface area contributed by atoms with Gasteiger partial charge in [-0.15, -0.1) is 0 Å². The molecule has 2 aliphatic rings. The van der Waals surface area contributed by atoms with E-state index in [-0.39, 0.29) is 5.41 Å². The Bertz CT molecular complexity index is 4140. The second-order valence-corrected chi connectivity index (χ2v) is 18.8. The third-order valence-electron chi connectivity index (χ3n) is 15.3. The largest absolute Gasteiger partial charge is 0.354 e. The molecule has 69 heavy (non-hydrogen) atoms. The van der Waals surface area contributed by atoms with Crippen molar-refractivity contribution in [2.75, 3.05) is 0 Å². The Balaban J connectivity index is 0.858. The summed E-state index contributed by atoms with van der Waals surface area (Å²) in [5.74, 6) is 0. The molecule has 1 N–H and O–H groups in total. The third-order valence-corrected chi connectivity index (χ3v) is 15.3. The third kappa shape index (κ3) is 5.43. The summed E-state index contributed by atoms with van der Waals surface area (Å²) in [6.45, 7) is 0. The molecule has 0 bridgehead atoms. The van der Waals surface area contributed by atoms with Gasteiger partial charge in [-0.3, -0.25) is 0 Å². The molecule has 2 heteroatoms. The molecule has 15 rings (SSSR count). The van der Waals surface area contributed by atoms with Gasteiger partial charge in [-0.1, -0.05) is 188 Å². The molecular weight excluding hydrogens is 833 g/mol. The van der Waals surface area contributed by atoms with Crippen LogP contribution in [-0.2, 0) is 5.41 Å². The summed E-state index contributed by atoms with van der Waals surface area (Å²) in [7, 11) is 0. The van der Waals surface area contributed by atoms with Crippen LogP contribution in [0, 0.1) is 0 Å². The second kappa shape index (κ2) is 14.5. The smallest absolute Gasteiger partial charge is 0.0726 e. The summed E-state index contributed by atoms with van der Waals surface area (Å²) in [6, 6.07) is 92.2. The van der Waals surface area contributed by atoms with Crippen molar-refractivity contribution in [1.82, 2.24) is 9.55 Å². The van der Waals surface area contributed by atoms with E-state index in [1.165, 1.54) is 127 Å². The number of rotatable bonds is 5. The van der Waals surface area contributed by atoms with Gasteiger partial charge >= 0.3 is 0 Å². The van der Waals surface area contributed by atoms with E-state index in [0.29, 0.717) is 0 Å². The van der Waals surface area contributed by atoms with Crippen LogP contribution < -0.4 is 0 Å². The SMILES string of the molecule is c1ccc(-c2cc(-c3ccccc3)cc(-c3cccc(-n4c5ccccc5c5cc(-c6ccc7[nH]c8c9c(ccc8c7c6)C6(c7ccccc7-c7ccccc76)c6ccccc6-9)ccc54)c3)c2)cc1. The molecule has 2 aliphatic carbocycles. The Morgan fingerprint density at radius 1 is 0.290 bits per heavy atom. The van der Waals surface area contributed by atoms with E-state index in [1.54, 1.807) is 0 Å². The lowest BCUT2D eigenvalue weighted by Crippen LogP contribution is -2.25. The van der Waals surface area contributed by atoms with E-state index < -0.39 is 0 Å². The quantitative estimate of drug-likeness (QED) is 0.178. The number of aromatic amines is 1. The Morgan fingerprint density at radius 3 is 1.51 bits per heavy atom. The standard InChI is InChI=1S/C67H42N2/c1-3-16-42(17-4-1)47-36-48(43-18-5-2-6-19-43)38-49(37-47)44-20-15-21-50(39-44)69-63-29-14-10-24-53(63)57-41-46(31-35-64(57)69)45-30-34-62-56(40-45)54-32-33-61-65(66(54)68-62)55-25-9-13-28-60(55)67(61)58-26-11-7-22-51(58)52-23-8-12-27-59(52)67/h1-41,68H. The number of para-hydroxylation sites is 1. The van der Waals surface area contributed by atoms with Crippen LogP contribution >= 0.6 is 0 Å². The van der Waals surface area contributed by atoms with Gasteiger partial charge in [-0.25, -0.2) is 0 Å². The van der Waals surface area contributed by atoms with E-state index in [0.717, 1.165) is 11.2 Å². The molecule has 0 saturated carbocycles. The molecule has 0 unspecified atom stereocenters. The molecule has 0 aliphatic heterocycles. The molecule has 0 saturated heterocycles. The summed E-state index contributed by atoms with van der Waals surface area (Å²) in [4.78, 5) is 3.96. The monoisotopic (exact) mass is 874 g/mol. The molecule has 1 spiro atoms. The van der Waals surface area contributed by atoms with Crippen molar-refractivity contribution < 1.29 is 0 Å². The number of benzene rings is 11. The van der Waals surface area contributed by atoms with Crippen LogP contribution in [0.2, 0.25) is 0 Å². The maximum absolute atomic E-state index is 3.96. The fraction of sp³-hybridized carbons (Fsp3) is 0.0149. The number of H-pyrrole nitrogens is 1. The summed E-state index contributed by atoms with van der Waals surface area (Å²) in [5, 5.41) is 4.97. The maximum Gasteiger partial charge on any atom is 0.0726 e. The lowest BCUT2D eigenvalue weighted by Gasteiger charge is -2.30. The lowest BCUT2D eigenvalue weighted by molar-refractivity contribution is 0.794. The fourth-order valence-corrected chi connectivity index (χ4v) is 12.4. The molecule has 2 nitrogen and oxygen atoms in total. The van der Waals surface area contributed by atoms with Gasteiger partial charge in [0.2, 0.25) is 0 Å². The zero-order chi connectivity index (χ0) is 45.2. The highest BCUT2D eigenvalue weighted by atomic mass is 15.0. The summed E-state index contributed by atoms with van der Waals surface area (Å²) in [6.07, 6.45) is 0. The topological polar surface area (TPSA) is 20.7 Å². The number of nitrogens with zero attached hydrogens (tertiary/aromatic N) is 1. The molecule has 2 heterocycles. The molecule has 2 aromatic heterocycles. The number of aromatic nitrogens is 2. The molecule has 0 atom stereocenters. The first-order valence-electron chi connectivity index (χ1n) is 24.0. The van der Waals surface area contributed by atoms with E-state index in [4.69, 9.17) is 0 Å². The number of nitrogens with one attached hydrogen (secondary N) is 1. The van der Waals surface area contributed by atoms with E-state index >= 15 is 0 Å². The Labute approximate surface area is 400 Å². The van der Waals surface area contributed by atoms with Gasteiger partial charge in [0.25, 0.3) is 0 Å². The summed E-state index contributed by atoms with van der Waals surface area (Å²) >= 11 is 0. The van der Waals surface area contributed by atoms with Crippen LogP contribution in [0.3, 0.4) is 0 Å². The zero-order valence-corrected chi connectivity index (χ0v) is 37.6. The van der Waals surface area contributed by atoms with Gasteiger partial charge in [-0.2, -0.15) is 0 Å². The van der Waals surface area contributed by atoms with Crippen LogP contribution in [0.5, 0.6) is 0 Å². The van der Waals surface area contributed by atoms with Crippen LogP contribution in [0.15, 0.2) is 249 Å². The fourth-order valence-electron chi connectivity index (χ4n) is 12.4. The van der Waals surface area contributed by atoms with Crippen molar-refractivity contribution in [3.63, 3.8) is 0 Å². The maximum atomic E-state index is 3.96. The Kier molecular flexibility index (Phi) is 8.02. The van der Waals surface area contributed by atoms with Gasteiger partial charge in [0.15, 0.2) is 0 Å². The van der Waals surface area contributed by atoms with Crippen molar-refractivity contribution in [3.8, 4) is 72.4 Å². The average molecular weight is 875 g/mol. The first-order chi connectivity index (χ1) is 34.2.